The van der Waals surface area contributed by atoms with Gasteiger partial charge in [-0.15, -0.1) is 0 Å². The summed E-state index contributed by atoms with van der Waals surface area (Å²) in [6.07, 6.45) is 3.71. The van der Waals surface area contributed by atoms with Crippen molar-refractivity contribution >= 4 is 50.5 Å². The predicted octanol–water partition coefficient (Wildman–Crippen LogP) is 4.43. The number of ether oxygens (including phenoxy) is 1. The number of benzene rings is 1. The van der Waals surface area contributed by atoms with Crippen LogP contribution in [0, 0.1) is 12.3 Å². The number of halogens is 1. The molecule has 36 heavy (non-hydrogen) atoms. The third-order valence-electron chi connectivity index (χ3n) is 5.63. The Balaban J connectivity index is 1.67. The van der Waals surface area contributed by atoms with Crippen LogP contribution in [0.2, 0.25) is 5.02 Å². The van der Waals surface area contributed by atoms with Crippen LogP contribution >= 0.6 is 11.6 Å². The molecular weight excluding hydrogens is 502 g/mol. The molecule has 9 nitrogen and oxygen atoms in total. The average molecular weight is 530 g/mol. The van der Waals surface area contributed by atoms with Crippen LogP contribution in [0.1, 0.15) is 32.0 Å². The minimum absolute atomic E-state index is 0.0688. The largest absolute Gasteiger partial charge is 0.444 e. The summed E-state index contributed by atoms with van der Waals surface area (Å²) in [4.78, 5) is 18.1. The Morgan fingerprint density at radius 1 is 1.22 bits per heavy atom. The standard InChI is InChI=1S/C25H28ClN5O4S/c1-16-5-7-19(8-6-16)36(33,34)31-22(11-20-21(26)9-10-28-23(20)31)17(12-27)13-29-18-14-30(15-18)24(32)35-25(2,3)4/h5-13,18,27,29H,14-15H2,1-4H3/b17-13+,27-12?. The van der Waals surface area contributed by atoms with E-state index in [9.17, 15) is 13.2 Å². The fraction of sp³-hybridized carbons (Fsp3) is 0.320. The van der Waals surface area contributed by atoms with Gasteiger partial charge in [-0.25, -0.2) is 22.2 Å². The normalized spacial score (nSPS) is 15.0. The molecule has 2 aromatic heterocycles. The van der Waals surface area contributed by atoms with Gasteiger partial charge in [0.2, 0.25) is 0 Å². The lowest BCUT2D eigenvalue weighted by Gasteiger charge is -2.39. The van der Waals surface area contributed by atoms with E-state index in [1.165, 1.54) is 18.3 Å². The first-order chi connectivity index (χ1) is 16.9. The first-order valence-corrected chi connectivity index (χ1v) is 13.2. The van der Waals surface area contributed by atoms with Crippen molar-refractivity contribution in [1.29, 1.82) is 5.41 Å². The van der Waals surface area contributed by atoms with Crippen LogP contribution in [0.5, 0.6) is 0 Å². The zero-order valence-corrected chi connectivity index (χ0v) is 22.0. The highest BCUT2D eigenvalue weighted by Gasteiger charge is 2.33. The van der Waals surface area contributed by atoms with E-state index in [-0.39, 0.29) is 28.4 Å². The first kappa shape index (κ1) is 25.7. The average Bonchev–Trinajstić information content (AvgIpc) is 3.16. The molecule has 0 atom stereocenters. The fourth-order valence-electron chi connectivity index (χ4n) is 3.76. The van der Waals surface area contributed by atoms with Crippen molar-refractivity contribution in [3.63, 3.8) is 0 Å². The maximum Gasteiger partial charge on any atom is 0.410 e. The van der Waals surface area contributed by atoms with Crippen LogP contribution in [-0.2, 0) is 14.8 Å². The number of rotatable bonds is 6. The van der Waals surface area contributed by atoms with Gasteiger partial charge in [-0.3, -0.25) is 0 Å². The summed E-state index contributed by atoms with van der Waals surface area (Å²) in [5.41, 5.74) is 1.09. The molecule has 3 heterocycles. The summed E-state index contributed by atoms with van der Waals surface area (Å²) < 4.78 is 33.9. The van der Waals surface area contributed by atoms with Crippen molar-refractivity contribution in [3.05, 3.63) is 65.1 Å². The molecule has 2 N–H and O–H groups in total. The molecule has 1 amide bonds. The molecule has 0 saturated carbocycles. The summed E-state index contributed by atoms with van der Waals surface area (Å²) >= 11 is 6.37. The Labute approximate surface area is 215 Å². The lowest BCUT2D eigenvalue weighted by molar-refractivity contribution is 0.00662. The lowest BCUT2D eigenvalue weighted by Crippen LogP contribution is -2.59. The van der Waals surface area contributed by atoms with Gasteiger partial charge in [0.25, 0.3) is 10.0 Å². The molecule has 4 rings (SSSR count). The second kappa shape index (κ2) is 9.59. The van der Waals surface area contributed by atoms with E-state index in [1.54, 1.807) is 35.4 Å². The minimum Gasteiger partial charge on any atom is -0.444 e. The van der Waals surface area contributed by atoms with Crippen LogP contribution in [0.15, 0.2) is 53.7 Å². The van der Waals surface area contributed by atoms with Gasteiger partial charge in [0.1, 0.15) is 5.60 Å². The first-order valence-electron chi connectivity index (χ1n) is 11.3. The molecule has 0 spiro atoms. The molecule has 1 fully saturated rings. The third kappa shape index (κ3) is 5.10. The Bertz CT molecular complexity index is 1450. The quantitative estimate of drug-likeness (QED) is 0.456. The van der Waals surface area contributed by atoms with Crippen LogP contribution in [0.25, 0.3) is 16.6 Å². The number of aryl methyl sites for hydroxylation is 1. The number of carbonyl (C=O) groups excluding carboxylic acids is 1. The summed E-state index contributed by atoms with van der Waals surface area (Å²) in [5.74, 6) is 0. The number of fused-ring (bicyclic) bond motifs is 1. The fourth-order valence-corrected chi connectivity index (χ4v) is 5.44. The van der Waals surface area contributed by atoms with Crippen LogP contribution < -0.4 is 5.32 Å². The Morgan fingerprint density at radius 2 is 1.89 bits per heavy atom. The number of carbonyl (C=O) groups is 1. The lowest BCUT2D eigenvalue weighted by atomic mass is 10.1. The molecule has 0 bridgehead atoms. The van der Waals surface area contributed by atoms with Crippen molar-refractivity contribution < 1.29 is 17.9 Å². The van der Waals surface area contributed by atoms with E-state index < -0.39 is 15.6 Å². The molecular formula is C25H28ClN5O4S. The Morgan fingerprint density at radius 3 is 2.50 bits per heavy atom. The van der Waals surface area contributed by atoms with Gasteiger partial charge < -0.3 is 20.4 Å². The molecule has 190 valence electrons. The summed E-state index contributed by atoms with van der Waals surface area (Å²) in [6.45, 7) is 8.16. The van der Waals surface area contributed by atoms with Gasteiger partial charge in [0.15, 0.2) is 5.65 Å². The number of allylic oxidation sites excluding steroid dienone is 1. The van der Waals surface area contributed by atoms with Crippen molar-refractivity contribution in [3.8, 4) is 0 Å². The monoisotopic (exact) mass is 529 g/mol. The Kier molecular flexibility index (Phi) is 6.85. The van der Waals surface area contributed by atoms with Crippen molar-refractivity contribution in [1.82, 2.24) is 19.2 Å². The summed E-state index contributed by atoms with van der Waals surface area (Å²) in [6, 6.07) is 9.65. The zero-order chi connectivity index (χ0) is 26.3. The van der Waals surface area contributed by atoms with E-state index in [0.717, 1.165) is 15.8 Å². The molecule has 1 aliphatic rings. The second-order valence-electron chi connectivity index (χ2n) is 9.64. The maximum absolute atomic E-state index is 13.7. The smallest absolute Gasteiger partial charge is 0.410 e. The number of likely N-dealkylation sites (tertiary alicyclic amines) is 1. The summed E-state index contributed by atoms with van der Waals surface area (Å²) in [5, 5.41) is 12.0. The van der Waals surface area contributed by atoms with Crippen LogP contribution in [0.3, 0.4) is 0 Å². The molecule has 0 unspecified atom stereocenters. The van der Waals surface area contributed by atoms with Crippen molar-refractivity contribution in [2.45, 2.75) is 44.2 Å². The van der Waals surface area contributed by atoms with Gasteiger partial charge in [0.05, 0.1) is 21.7 Å². The molecule has 0 aliphatic carbocycles. The van der Waals surface area contributed by atoms with E-state index in [4.69, 9.17) is 21.7 Å². The van der Waals surface area contributed by atoms with E-state index in [2.05, 4.69) is 10.3 Å². The van der Waals surface area contributed by atoms with Crippen LogP contribution in [-0.4, -0.2) is 59.3 Å². The number of hydrogen-bond acceptors (Lipinski definition) is 7. The number of amides is 1. The molecule has 11 heteroatoms. The number of nitrogens with one attached hydrogen (secondary N) is 2. The number of pyridine rings is 1. The highest BCUT2D eigenvalue weighted by atomic mass is 35.5. The van der Waals surface area contributed by atoms with E-state index in [0.29, 0.717) is 29.1 Å². The molecule has 3 aromatic rings. The summed E-state index contributed by atoms with van der Waals surface area (Å²) in [7, 11) is -4.05. The van der Waals surface area contributed by atoms with E-state index in [1.807, 2.05) is 27.7 Å². The minimum atomic E-state index is -4.05. The van der Waals surface area contributed by atoms with Gasteiger partial charge in [-0.1, -0.05) is 29.3 Å². The van der Waals surface area contributed by atoms with E-state index >= 15 is 0 Å². The topological polar surface area (TPSA) is 117 Å². The molecule has 1 aromatic carbocycles. The second-order valence-corrected chi connectivity index (χ2v) is 11.8. The van der Waals surface area contributed by atoms with Crippen molar-refractivity contribution in [2.75, 3.05) is 13.1 Å². The van der Waals surface area contributed by atoms with Gasteiger partial charge in [-0.05, 0) is 52.0 Å². The zero-order valence-electron chi connectivity index (χ0n) is 20.4. The predicted molar refractivity (Wildman–Crippen MR) is 140 cm³/mol. The van der Waals surface area contributed by atoms with Gasteiger partial charge >= 0.3 is 6.09 Å². The third-order valence-corrected chi connectivity index (χ3v) is 7.67. The number of aromatic nitrogens is 2. The Hall–Kier alpha value is -3.37. The molecule has 0 radical (unpaired) electrons. The highest BCUT2D eigenvalue weighted by molar-refractivity contribution is 7.90. The maximum atomic E-state index is 13.7. The van der Waals surface area contributed by atoms with Gasteiger partial charge in [-0.2, -0.15) is 0 Å². The molecule has 1 aliphatic heterocycles. The molecule has 1 saturated heterocycles. The van der Waals surface area contributed by atoms with Crippen molar-refractivity contribution in [2.24, 2.45) is 0 Å². The SMILES string of the molecule is Cc1ccc(S(=O)(=O)n2c(/C(C=N)=C/NC3CN(C(=O)OC(C)(C)C)C3)cc3c(Cl)ccnc32)cc1. The number of nitrogens with zero attached hydrogens (tertiary/aromatic N) is 3. The van der Waals surface area contributed by atoms with Gasteiger partial charge in [0, 0.05) is 42.7 Å². The number of hydrogen-bond donors (Lipinski definition) is 2. The van der Waals surface area contributed by atoms with Crippen LogP contribution in [0.4, 0.5) is 4.79 Å². The highest BCUT2D eigenvalue weighted by Crippen LogP contribution is 2.32.